The van der Waals surface area contributed by atoms with Crippen molar-refractivity contribution in [3.63, 3.8) is 0 Å². The van der Waals surface area contributed by atoms with Gasteiger partial charge in [-0.1, -0.05) is 24.3 Å². The Balaban J connectivity index is 1.93. The van der Waals surface area contributed by atoms with Crippen LogP contribution in [0.2, 0.25) is 0 Å². The van der Waals surface area contributed by atoms with Crippen molar-refractivity contribution >= 4 is 22.7 Å². The van der Waals surface area contributed by atoms with Crippen molar-refractivity contribution in [1.29, 1.82) is 0 Å². The Hall–Kier alpha value is -2.95. The number of hydrogen-bond acceptors (Lipinski definition) is 2. The number of halogens is 1. The van der Waals surface area contributed by atoms with Crippen LogP contribution in [0.15, 0.2) is 48.7 Å². The number of carbonyl (C=O) groups excluding carboxylic acids is 2. The van der Waals surface area contributed by atoms with E-state index in [0.717, 1.165) is 11.1 Å². The number of fused-ring (bicyclic) bond motifs is 1. The fourth-order valence-electron chi connectivity index (χ4n) is 2.72. The van der Waals surface area contributed by atoms with E-state index in [2.05, 4.69) is 5.32 Å². The fraction of sp³-hybridized carbons (Fsp3) is 0.158. The zero-order valence-corrected chi connectivity index (χ0v) is 13.5. The Labute approximate surface area is 138 Å². The number of carbonyl (C=O) groups is 2. The van der Waals surface area contributed by atoms with E-state index < -0.39 is 5.82 Å². The predicted molar refractivity (Wildman–Crippen MR) is 90.5 cm³/mol. The van der Waals surface area contributed by atoms with E-state index >= 15 is 0 Å². The average Bonchev–Trinajstić information content (AvgIpc) is 2.92. The van der Waals surface area contributed by atoms with Gasteiger partial charge in [-0.25, -0.2) is 4.39 Å². The molecule has 3 aromatic rings. The zero-order chi connectivity index (χ0) is 17.3. The Bertz CT molecular complexity index is 944. The summed E-state index contributed by atoms with van der Waals surface area (Å²) in [7, 11) is 0. The topological polar surface area (TPSA) is 51.1 Å². The summed E-state index contributed by atoms with van der Waals surface area (Å²) in [4.78, 5) is 24.3. The average molecular weight is 324 g/mol. The minimum atomic E-state index is -0.449. The second-order valence-corrected chi connectivity index (χ2v) is 5.70. The maximum atomic E-state index is 13.5. The molecule has 3 rings (SSSR count). The largest absolute Gasteiger partial charge is 0.348 e. The highest BCUT2D eigenvalue weighted by Gasteiger charge is 2.17. The van der Waals surface area contributed by atoms with Crippen molar-refractivity contribution in [2.45, 2.75) is 20.4 Å². The summed E-state index contributed by atoms with van der Waals surface area (Å²) in [6.07, 6.45) is 1.46. The minimum absolute atomic E-state index is 0.274. The van der Waals surface area contributed by atoms with Crippen molar-refractivity contribution < 1.29 is 14.0 Å². The molecule has 0 aliphatic carbocycles. The molecule has 1 heterocycles. The smallest absolute Gasteiger partial charge is 0.253 e. The third-order valence-electron chi connectivity index (χ3n) is 4.05. The molecule has 0 unspecified atom stereocenters. The van der Waals surface area contributed by atoms with Crippen LogP contribution in [0.25, 0.3) is 10.9 Å². The highest BCUT2D eigenvalue weighted by atomic mass is 19.1. The molecule has 0 radical (unpaired) electrons. The van der Waals surface area contributed by atoms with Crippen LogP contribution >= 0.6 is 0 Å². The molecule has 4 nitrogen and oxygen atoms in total. The van der Waals surface area contributed by atoms with Crippen LogP contribution in [0.3, 0.4) is 0 Å². The first-order chi connectivity index (χ1) is 11.5. The zero-order valence-electron chi connectivity index (χ0n) is 13.5. The molecular formula is C19H17FN2O2. The lowest BCUT2D eigenvalue weighted by atomic mass is 10.1. The molecule has 5 heteroatoms. The first-order valence-electron chi connectivity index (χ1n) is 7.61. The lowest BCUT2D eigenvalue weighted by Crippen LogP contribution is -2.23. The van der Waals surface area contributed by atoms with Gasteiger partial charge in [-0.3, -0.25) is 14.2 Å². The molecule has 0 atom stereocenters. The van der Waals surface area contributed by atoms with Gasteiger partial charge in [0.2, 0.25) is 5.91 Å². The Kier molecular flexibility index (Phi) is 4.16. The van der Waals surface area contributed by atoms with Crippen LogP contribution in [0.1, 0.15) is 33.2 Å². The number of hydrogen-bond donors (Lipinski definition) is 1. The van der Waals surface area contributed by atoms with Gasteiger partial charge < -0.3 is 5.32 Å². The normalized spacial score (nSPS) is 10.8. The van der Waals surface area contributed by atoms with E-state index in [1.165, 1.54) is 35.9 Å². The molecular weight excluding hydrogens is 307 g/mol. The SMILES string of the molecule is CC(=O)n1cc(C(=O)NCc2ccccc2C)c2ccc(F)cc21. The van der Waals surface area contributed by atoms with Gasteiger partial charge in [0.05, 0.1) is 11.1 Å². The van der Waals surface area contributed by atoms with Crippen molar-refractivity contribution in [3.8, 4) is 0 Å². The van der Waals surface area contributed by atoms with E-state index in [4.69, 9.17) is 0 Å². The predicted octanol–water partition coefficient (Wildman–Crippen LogP) is 3.68. The second kappa shape index (κ2) is 6.28. The summed E-state index contributed by atoms with van der Waals surface area (Å²) < 4.78 is 14.8. The highest BCUT2D eigenvalue weighted by Crippen LogP contribution is 2.23. The van der Waals surface area contributed by atoms with Gasteiger partial charge in [0.1, 0.15) is 5.82 Å². The van der Waals surface area contributed by atoms with E-state index in [1.54, 1.807) is 0 Å². The minimum Gasteiger partial charge on any atom is -0.348 e. The molecule has 2 aromatic carbocycles. The highest BCUT2D eigenvalue weighted by molar-refractivity contribution is 6.09. The summed E-state index contributed by atoms with van der Waals surface area (Å²) in [5.74, 6) is -1.02. The molecule has 0 spiro atoms. The summed E-state index contributed by atoms with van der Waals surface area (Å²) >= 11 is 0. The number of amides is 1. The first kappa shape index (κ1) is 15.9. The molecule has 122 valence electrons. The van der Waals surface area contributed by atoms with E-state index in [-0.39, 0.29) is 11.8 Å². The molecule has 0 saturated carbocycles. The van der Waals surface area contributed by atoms with Gasteiger partial charge in [-0.2, -0.15) is 0 Å². The monoisotopic (exact) mass is 324 g/mol. The van der Waals surface area contributed by atoms with Gasteiger partial charge in [0, 0.05) is 25.1 Å². The summed E-state index contributed by atoms with van der Waals surface area (Å²) in [6, 6.07) is 11.8. The van der Waals surface area contributed by atoms with E-state index in [0.29, 0.717) is 23.0 Å². The van der Waals surface area contributed by atoms with Crippen molar-refractivity contribution in [1.82, 2.24) is 9.88 Å². The molecule has 0 aliphatic rings. The molecule has 1 N–H and O–H groups in total. The van der Waals surface area contributed by atoms with Gasteiger partial charge in [-0.15, -0.1) is 0 Å². The molecule has 1 amide bonds. The Morgan fingerprint density at radius 3 is 2.62 bits per heavy atom. The number of rotatable bonds is 3. The number of nitrogens with one attached hydrogen (secondary N) is 1. The van der Waals surface area contributed by atoms with Crippen molar-refractivity contribution in [2.24, 2.45) is 0 Å². The van der Waals surface area contributed by atoms with E-state index in [1.807, 2.05) is 31.2 Å². The molecule has 0 saturated heterocycles. The van der Waals surface area contributed by atoms with Gasteiger partial charge in [0.25, 0.3) is 5.91 Å². The van der Waals surface area contributed by atoms with Crippen molar-refractivity contribution in [2.75, 3.05) is 0 Å². The summed E-state index contributed by atoms with van der Waals surface area (Å²) in [5.41, 5.74) is 2.86. The maximum absolute atomic E-state index is 13.5. The summed E-state index contributed by atoms with van der Waals surface area (Å²) in [6.45, 7) is 3.74. The van der Waals surface area contributed by atoms with Crippen LogP contribution in [-0.2, 0) is 6.54 Å². The van der Waals surface area contributed by atoms with Gasteiger partial charge in [-0.05, 0) is 36.2 Å². The van der Waals surface area contributed by atoms with Crippen LogP contribution in [0.5, 0.6) is 0 Å². The van der Waals surface area contributed by atoms with Crippen molar-refractivity contribution in [3.05, 3.63) is 71.2 Å². The molecule has 0 fully saturated rings. The van der Waals surface area contributed by atoms with E-state index in [9.17, 15) is 14.0 Å². The number of benzene rings is 2. The lowest BCUT2D eigenvalue weighted by Gasteiger charge is -2.07. The number of aryl methyl sites for hydroxylation is 1. The maximum Gasteiger partial charge on any atom is 0.253 e. The van der Waals surface area contributed by atoms with Gasteiger partial charge in [0.15, 0.2) is 0 Å². The van der Waals surface area contributed by atoms with Crippen LogP contribution in [-0.4, -0.2) is 16.4 Å². The lowest BCUT2D eigenvalue weighted by molar-refractivity contribution is 0.0941. The molecule has 24 heavy (non-hydrogen) atoms. The van der Waals surface area contributed by atoms with Crippen LogP contribution in [0.4, 0.5) is 4.39 Å². The molecule has 0 bridgehead atoms. The molecule has 1 aromatic heterocycles. The second-order valence-electron chi connectivity index (χ2n) is 5.70. The quantitative estimate of drug-likeness (QED) is 0.799. The third kappa shape index (κ3) is 2.93. The first-order valence-corrected chi connectivity index (χ1v) is 7.61. The summed E-state index contributed by atoms with van der Waals surface area (Å²) in [5, 5.41) is 3.41. The van der Waals surface area contributed by atoms with Crippen LogP contribution in [0, 0.1) is 12.7 Å². The third-order valence-corrected chi connectivity index (χ3v) is 4.05. The number of nitrogens with zero attached hydrogens (tertiary/aromatic N) is 1. The Morgan fingerprint density at radius 1 is 1.17 bits per heavy atom. The van der Waals surface area contributed by atoms with Crippen LogP contribution < -0.4 is 5.32 Å². The molecule has 0 aliphatic heterocycles. The van der Waals surface area contributed by atoms with Gasteiger partial charge >= 0.3 is 0 Å². The standard InChI is InChI=1S/C19H17FN2O2/c1-12-5-3-4-6-14(12)10-21-19(24)17-11-22(13(2)23)18-9-15(20)7-8-16(17)18/h3-9,11H,10H2,1-2H3,(H,21,24). The fourth-order valence-corrected chi connectivity index (χ4v) is 2.72. The number of aromatic nitrogens is 1. The Morgan fingerprint density at radius 2 is 1.92 bits per heavy atom.